The number of amides is 1. The maximum absolute atomic E-state index is 12.6. The van der Waals surface area contributed by atoms with Crippen molar-refractivity contribution in [3.8, 4) is 5.75 Å². The van der Waals surface area contributed by atoms with E-state index in [0.29, 0.717) is 46.4 Å². The summed E-state index contributed by atoms with van der Waals surface area (Å²) in [5.41, 5.74) is 2.43. The lowest BCUT2D eigenvalue weighted by Gasteiger charge is -2.17. The van der Waals surface area contributed by atoms with Gasteiger partial charge in [0.25, 0.3) is 5.91 Å². The van der Waals surface area contributed by atoms with E-state index in [0.717, 1.165) is 0 Å². The molecule has 1 aromatic heterocycles. The summed E-state index contributed by atoms with van der Waals surface area (Å²) in [6, 6.07) is 7.11. The van der Waals surface area contributed by atoms with Crippen LogP contribution >= 0.6 is 11.6 Å². The second-order valence-electron chi connectivity index (χ2n) is 5.71. The van der Waals surface area contributed by atoms with Gasteiger partial charge >= 0.3 is 0 Å². The molecule has 0 saturated carbocycles. The number of ether oxygens (including phenoxy) is 1. The molecule has 1 N–H and O–H groups in total. The number of carbonyl (C=O) groups excluding carboxylic acids is 2. The lowest BCUT2D eigenvalue weighted by molar-refractivity contribution is 0.0768. The molecule has 0 aliphatic heterocycles. The van der Waals surface area contributed by atoms with Gasteiger partial charge in [0.15, 0.2) is 5.78 Å². The van der Waals surface area contributed by atoms with Crippen molar-refractivity contribution in [2.45, 2.75) is 20.8 Å². The highest BCUT2D eigenvalue weighted by Crippen LogP contribution is 2.20. The van der Waals surface area contributed by atoms with Gasteiger partial charge in [-0.1, -0.05) is 17.7 Å². The molecule has 0 bridgehead atoms. The zero-order valence-corrected chi connectivity index (χ0v) is 15.0. The average Bonchev–Trinajstić information content (AvgIpc) is 2.81. The number of halogens is 1. The summed E-state index contributed by atoms with van der Waals surface area (Å²) in [5, 5.41) is 0.603. The second-order valence-corrected chi connectivity index (χ2v) is 6.15. The molecule has 2 aromatic rings. The van der Waals surface area contributed by atoms with Crippen LogP contribution in [0.3, 0.4) is 0 Å². The van der Waals surface area contributed by atoms with Crippen molar-refractivity contribution in [2.24, 2.45) is 0 Å². The minimum Gasteiger partial charge on any atom is -0.492 e. The molecule has 1 aromatic carbocycles. The van der Waals surface area contributed by atoms with Gasteiger partial charge in [0.05, 0.1) is 6.54 Å². The summed E-state index contributed by atoms with van der Waals surface area (Å²) in [5.74, 6) is 0.444. The first kappa shape index (κ1) is 18.1. The maximum atomic E-state index is 12.6. The quantitative estimate of drug-likeness (QED) is 0.811. The van der Waals surface area contributed by atoms with Crippen molar-refractivity contribution in [2.75, 3.05) is 20.2 Å². The minimum atomic E-state index is -0.169. The highest BCUT2D eigenvalue weighted by molar-refractivity contribution is 6.30. The Morgan fingerprint density at radius 2 is 2.00 bits per heavy atom. The molecule has 0 aliphatic rings. The van der Waals surface area contributed by atoms with E-state index in [9.17, 15) is 9.59 Å². The van der Waals surface area contributed by atoms with Gasteiger partial charge in [-0.3, -0.25) is 9.59 Å². The Balaban J connectivity index is 2.00. The van der Waals surface area contributed by atoms with E-state index in [1.165, 1.54) is 6.92 Å². The molecule has 0 radical (unpaired) electrons. The molecule has 2 rings (SSSR count). The van der Waals surface area contributed by atoms with Gasteiger partial charge in [0.2, 0.25) is 0 Å². The van der Waals surface area contributed by atoms with Crippen LogP contribution in [0.1, 0.15) is 39.0 Å². The summed E-state index contributed by atoms with van der Waals surface area (Å²) >= 11 is 5.90. The van der Waals surface area contributed by atoms with Crippen LogP contribution in [0.2, 0.25) is 5.02 Å². The zero-order valence-electron chi connectivity index (χ0n) is 14.3. The molecule has 0 aliphatic carbocycles. The molecule has 6 heteroatoms. The molecule has 5 nitrogen and oxygen atoms in total. The Labute approximate surface area is 146 Å². The molecule has 0 spiro atoms. The van der Waals surface area contributed by atoms with E-state index < -0.39 is 0 Å². The first-order valence-corrected chi connectivity index (χ1v) is 8.03. The number of hydrogen-bond acceptors (Lipinski definition) is 3. The van der Waals surface area contributed by atoms with Gasteiger partial charge in [0, 0.05) is 23.3 Å². The predicted octanol–water partition coefficient (Wildman–Crippen LogP) is 3.64. The molecule has 0 fully saturated rings. The number of Topliss-reactive ketones (excluding diaryl/α,β-unsaturated/α-hetero) is 1. The normalized spacial score (nSPS) is 10.5. The Morgan fingerprint density at radius 1 is 1.29 bits per heavy atom. The number of aromatic amines is 1. The first-order chi connectivity index (χ1) is 11.3. The van der Waals surface area contributed by atoms with Gasteiger partial charge in [-0.2, -0.15) is 0 Å². The monoisotopic (exact) mass is 348 g/mol. The summed E-state index contributed by atoms with van der Waals surface area (Å²) in [4.78, 5) is 28.8. The predicted molar refractivity (Wildman–Crippen MR) is 94.2 cm³/mol. The molecular formula is C18H21ClN2O3. The number of aryl methyl sites for hydroxylation is 1. The standard InChI is InChI=1S/C18H21ClN2O3/c1-11-16(13(3)22)12(2)20-17(11)18(23)21(4)8-9-24-15-7-5-6-14(19)10-15/h5-7,10,20H,8-9H2,1-4H3. The number of carbonyl (C=O) groups is 2. The lowest BCUT2D eigenvalue weighted by Crippen LogP contribution is -2.31. The van der Waals surface area contributed by atoms with E-state index >= 15 is 0 Å². The van der Waals surface area contributed by atoms with E-state index in [1.807, 2.05) is 6.07 Å². The van der Waals surface area contributed by atoms with Crippen molar-refractivity contribution >= 4 is 23.3 Å². The van der Waals surface area contributed by atoms with Crippen LogP contribution in [0.15, 0.2) is 24.3 Å². The van der Waals surface area contributed by atoms with Crippen molar-refractivity contribution in [1.29, 1.82) is 0 Å². The van der Waals surface area contributed by atoms with Crippen LogP contribution in [0.5, 0.6) is 5.75 Å². The summed E-state index contributed by atoms with van der Waals surface area (Å²) in [6.07, 6.45) is 0. The van der Waals surface area contributed by atoms with E-state index in [-0.39, 0.29) is 11.7 Å². The minimum absolute atomic E-state index is 0.0488. The topological polar surface area (TPSA) is 62.4 Å². The van der Waals surface area contributed by atoms with Crippen molar-refractivity contribution in [3.05, 3.63) is 51.8 Å². The SMILES string of the molecule is CC(=O)c1c(C)[nH]c(C(=O)N(C)CCOc2cccc(Cl)c2)c1C. The van der Waals surface area contributed by atoms with Crippen molar-refractivity contribution < 1.29 is 14.3 Å². The van der Waals surface area contributed by atoms with E-state index in [1.54, 1.807) is 44.0 Å². The Bertz CT molecular complexity index is 768. The van der Waals surface area contributed by atoms with Gasteiger partial charge in [0.1, 0.15) is 18.1 Å². The first-order valence-electron chi connectivity index (χ1n) is 7.65. The number of aromatic nitrogens is 1. The maximum Gasteiger partial charge on any atom is 0.270 e. The van der Waals surface area contributed by atoms with Crippen LogP contribution in [-0.2, 0) is 0 Å². The van der Waals surface area contributed by atoms with Gasteiger partial charge in [-0.15, -0.1) is 0 Å². The van der Waals surface area contributed by atoms with Gasteiger partial charge < -0.3 is 14.6 Å². The van der Waals surface area contributed by atoms with Crippen LogP contribution in [0.4, 0.5) is 0 Å². The number of benzene rings is 1. The highest BCUT2D eigenvalue weighted by Gasteiger charge is 2.22. The number of hydrogen-bond donors (Lipinski definition) is 1. The van der Waals surface area contributed by atoms with E-state index in [4.69, 9.17) is 16.3 Å². The van der Waals surface area contributed by atoms with Crippen LogP contribution < -0.4 is 4.74 Å². The number of likely N-dealkylation sites (N-methyl/N-ethyl adjacent to an activating group) is 1. The molecule has 0 unspecified atom stereocenters. The van der Waals surface area contributed by atoms with Gasteiger partial charge in [-0.25, -0.2) is 0 Å². The fraction of sp³-hybridized carbons (Fsp3) is 0.333. The van der Waals surface area contributed by atoms with Crippen molar-refractivity contribution in [3.63, 3.8) is 0 Å². The molecule has 1 amide bonds. The summed E-state index contributed by atoms with van der Waals surface area (Å²) in [6.45, 7) is 5.84. The molecule has 128 valence electrons. The third-order valence-electron chi connectivity index (χ3n) is 3.84. The zero-order chi connectivity index (χ0) is 17.9. The van der Waals surface area contributed by atoms with Crippen molar-refractivity contribution in [1.82, 2.24) is 9.88 Å². The number of nitrogens with one attached hydrogen (secondary N) is 1. The lowest BCUT2D eigenvalue weighted by atomic mass is 10.1. The average molecular weight is 349 g/mol. The molecule has 1 heterocycles. The molecule has 0 atom stereocenters. The Morgan fingerprint density at radius 3 is 2.58 bits per heavy atom. The smallest absolute Gasteiger partial charge is 0.270 e. The largest absolute Gasteiger partial charge is 0.492 e. The number of H-pyrrole nitrogens is 1. The fourth-order valence-corrected chi connectivity index (χ4v) is 2.82. The van der Waals surface area contributed by atoms with Crippen LogP contribution in [-0.4, -0.2) is 41.8 Å². The summed E-state index contributed by atoms with van der Waals surface area (Å²) in [7, 11) is 1.70. The summed E-state index contributed by atoms with van der Waals surface area (Å²) < 4.78 is 5.60. The fourth-order valence-electron chi connectivity index (χ4n) is 2.64. The van der Waals surface area contributed by atoms with Gasteiger partial charge in [-0.05, 0) is 44.5 Å². The molecule has 24 heavy (non-hydrogen) atoms. The third-order valence-corrected chi connectivity index (χ3v) is 4.08. The van der Waals surface area contributed by atoms with E-state index in [2.05, 4.69) is 4.98 Å². The Hall–Kier alpha value is -2.27. The third kappa shape index (κ3) is 3.97. The second kappa shape index (κ2) is 7.53. The Kier molecular flexibility index (Phi) is 5.67. The van der Waals surface area contributed by atoms with Crippen LogP contribution in [0.25, 0.3) is 0 Å². The number of rotatable bonds is 6. The number of nitrogens with zero attached hydrogens (tertiary/aromatic N) is 1. The molecular weight excluding hydrogens is 328 g/mol. The van der Waals surface area contributed by atoms with Crippen LogP contribution in [0, 0.1) is 13.8 Å². The highest BCUT2D eigenvalue weighted by atomic mass is 35.5. The number of ketones is 1. The molecule has 0 saturated heterocycles.